The third-order valence-corrected chi connectivity index (χ3v) is 4.25. The molecule has 7 heteroatoms. The van der Waals surface area contributed by atoms with E-state index in [9.17, 15) is 9.59 Å². The summed E-state index contributed by atoms with van der Waals surface area (Å²) in [4.78, 5) is 29.9. The zero-order valence-electron chi connectivity index (χ0n) is 15.5. The van der Waals surface area contributed by atoms with E-state index in [1.54, 1.807) is 55.5 Å². The van der Waals surface area contributed by atoms with E-state index in [1.165, 1.54) is 0 Å². The van der Waals surface area contributed by atoms with Gasteiger partial charge in [-0.2, -0.15) is 0 Å². The highest BCUT2D eigenvalue weighted by atomic mass is 16.5. The Morgan fingerprint density at radius 2 is 1.76 bits per heavy atom. The van der Waals surface area contributed by atoms with Gasteiger partial charge >= 0.3 is 5.97 Å². The molecule has 0 saturated carbocycles. The summed E-state index contributed by atoms with van der Waals surface area (Å²) < 4.78 is 10.5. The lowest BCUT2D eigenvalue weighted by molar-refractivity contribution is -0.125. The number of nitrogens with one attached hydrogen (secondary N) is 1. The highest BCUT2D eigenvalue weighted by molar-refractivity contribution is 5.97. The third kappa shape index (κ3) is 4.14. The summed E-state index contributed by atoms with van der Waals surface area (Å²) in [5.41, 5.74) is 1.31. The predicted octanol–water partition coefficient (Wildman–Crippen LogP) is 4.07. The van der Waals surface area contributed by atoms with E-state index in [0.717, 1.165) is 5.39 Å². The van der Waals surface area contributed by atoms with Gasteiger partial charge in [0.05, 0.1) is 5.52 Å². The minimum atomic E-state index is -1.17. The Balaban J connectivity index is 1.60. The molecule has 0 aliphatic rings. The summed E-state index contributed by atoms with van der Waals surface area (Å²) in [6.45, 7) is 1.71. The summed E-state index contributed by atoms with van der Waals surface area (Å²) >= 11 is 0. The fourth-order valence-corrected chi connectivity index (χ4v) is 2.86. The van der Waals surface area contributed by atoms with E-state index >= 15 is 0 Å². The van der Waals surface area contributed by atoms with Gasteiger partial charge < -0.3 is 14.6 Å². The van der Waals surface area contributed by atoms with E-state index in [0.29, 0.717) is 16.8 Å². The van der Waals surface area contributed by atoms with Crippen LogP contribution in [0.2, 0.25) is 0 Å². The van der Waals surface area contributed by atoms with Crippen LogP contribution in [0.4, 0.5) is 5.82 Å². The van der Waals surface area contributed by atoms with Gasteiger partial charge in [0.2, 0.25) is 6.10 Å². The van der Waals surface area contributed by atoms with E-state index in [2.05, 4.69) is 15.5 Å². The van der Waals surface area contributed by atoms with Crippen LogP contribution in [-0.2, 0) is 9.53 Å². The number of carbonyl (C=O) groups is 2. The van der Waals surface area contributed by atoms with Crippen molar-refractivity contribution < 1.29 is 18.8 Å². The van der Waals surface area contributed by atoms with Crippen LogP contribution in [0.5, 0.6) is 0 Å². The molecule has 0 fully saturated rings. The Morgan fingerprint density at radius 1 is 1.00 bits per heavy atom. The number of anilines is 1. The number of ether oxygens (including phenoxy) is 1. The maximum absolute atomic E-state index is 12.8. The molecular weight excluding hydrogens is 370 g/mol. The van der Waals surface area contributed by atoms with Gasteiger partial charge in [-0.25, -0.2) is 9.78 Å². The number of carbonyl (C=O) groups excluding carboxylic acids is 2. The molecule has 1 atom stereocenters. The number of fused-ring (bicyclic) bond motifs is 1. The van der Waals surface area contributed by atoms with Gasteiger partial charge in [0, 0.05) is 17.0 Å². The van der Waals surface area contributed by atoms with Crippen molar-refractivity contribution in [2.45, 2.75) is 13.0 Å². The van der Waals surface area contributed by atoms with Crippen molar-refractivity contribution in [1.29, 1.82) is 0 Å². The van der Waals surface area contributed by atoms with Crippen molar-refractivity contribution in [2.75, 3.05) is 5.32 Å². The number of aryl methyl sites for hydroxylation is 1. The monoisotopic (exact) mass is 387 g/mol. The molecule has 0 bridgehead atoms. The van der Waals surface area contributed by atoms with Crippen LogP contribution in [-0.4, -0.2) is 22.0 Å². The van der Waals surface area contributed by atoms with Crippen molar-refractivity contribution >= 4 is 28.6 Å². The standard InChI is InChI=1S/C22H17N3O4/c1-14-13-19(25-29-14)24-21(26)20(16-8-3-2-4-9-16)28-22(27)18-12-11-15-7-5-6-10-17(15)23-18/h2-13,20H,1H3,(H,24,25,26). The molecule has 2 aromatic heterocycles. The average molecular weight is 387 g/mol. The van der Waals surface area contributed by atoms with Gasteiger partial charge in [-0.15, -0.1) is 0 Å². The SMILES string of the molecule is Cc1cc(NC(=O)C(OC(=O)c2ccc3ccccc3n2)c2ccccc2)no1. The van der Waals surface area contributed by atoms with Crippen LogP contribution < -0.4 is 5.32 Å². The molecular formula is C22H17N3O4. The Bertz CT molecular complexity index is 1170. The van der Waals surface area contributed by atoms with Crippen LogP contribution in [0.25, 0.3) is 10.9 Å². The normalized spacial score (nSPS) is 11.8. The van der Waals surface area contributed by atoms with Gasteiger partial charge in [0.1, 0.15) is 11.5 Å². The molecule has 144 valence electrons. The number of aromatic nitrogens is 2. The van der Waals surface area contributed by atoms with Crippen molar-refractivity contribution in [2.24, 2.45) is 0 Å². The lowest BCUT2D eigenvalue weighted by Gasteiger charge is -2.17. The molecule has 0 radical (unpaired) electrons. The minimum Gasteiger partial charge on any atom is -0.443 e. The van der Waals surface area contributed by atoms with Gasteiger partial charge in [0.25, 0.3) is 5.91 Å². The highest BCUT2D eigenvalue weighted by Gasteiger charge is 2.27. The maximum atomic E-state index is 12.8. The second-order valence-electron chi connectivity index (χ2n) is 6.40. The number of hydrogen-bond acceptors (Lipinski definition) is 6. The number of amides is 1. The van der Waals surface area contributed by atoms with Gasteiger partial charge in [-0.3, -0.25) is 4.79 Å². The van der Waals surface area contributed by atoms with Crippen LogP contribution >= 0.6 is 0 Å². The molecule has 0 aliphatic carbocycles. The first kappa shape index (κ1) is 18.4. The zero-order chi connectivity index (χ0) is 20.2. The Hall–Kier alpha value is -4.00. The number of esters is 1. The molecule has 1 N–H and O–H groups in total. The van der Waals surface area contributed by atoms with Crippen LogP contribution in [0.3, 0.4) is 0 Å². The highest BCUT2D eigenvalue weighted by Crippen LogP contribution is 2.22. The summed E-state index contributed by atoms with van der Waals surface area (Å²) in [7, 11) is 0. The first-order chi connectivity index (χ1) is 14.1. The average Bonchev–Trinajstić information content (AvgIpc) is 3.16. The topological polar surface area (TPSA) is 94.3 Å². The molecule has 4 rings (SSSR count). The Morgan fingerprint density at radius 3 is 2.52 bits per heavy atom. The second-order valence-corrected chi connectivity index (χ2v) is 6.40. The molecule has 2 heterocycles. The zero-order valence-corrected chi connectivity index (χ0v) is 15.5. The lowest BCUT2D eigenvalue weighted by Crippen LogP contribution is -2.26. The molecule has 7 nitrogen and oxygen atoms in total. The van der Waals surface area contributed by atoms with Gasteiger partial charge in [0.15, 0.2) is 5.82 Å². The summed E-state index contributed by atoms with van der Waals surface area (Å²) in [6, 6.07) is 21.1. The lowest BCUT2D eigenvalue weighted by atomic mass is 10.1. The van der Waals surface area contributed by atoms with Crippen LogP contribution in [0.15, 0.2) is 77.3 Å². The molecule has 1 amide bonds. The molecule has 2 aromatic carbocycles. The van der Waals surface area contributed by atoms with E-state index in [-0.39, 0.29) is 11.5 Å². The fraction of sp³-hybridized carbons (Fsp3) is 0.0909. The predicted molar refractivity (Wildman–Crippen MR) is 106 cm³/mol. The van der Waals surface area contributed by atoms with E-state index in [1.807, 2.05) is 24.3 Å². The minimum absolute atomic E-state index is 0.120. The number of benzene rings is 2. The van der Waals surface area contributed by atoms with Crippen molar-refractivity contribution in [3.8, 4) is 0 Å². The first-order valence-corrected chi connectivity index (χ1v) is 8.96. The quantitative estimate of drug-likeness (QED) is 0.519. The van der Waals surface area contributed by atoms with Crippen molar-refractivity contribution in [3.05, 3.63) is 89.8 Å². The van der Waals surface area contributed by atoms with Gasteiger partial charge in [-0.1, -0.05) is 59.8 Å². The number of hydrogen-bond donors (Lipinski definition) is 1. The van der Waals surface area contributed by atoms with Gasteiger partial charge in [-0.05, 0) is 19.1 Å². The fourth-order valence-electron chi connectivity index (χ4n) is 2.86. The summed E-state index contributed by atoms with van der Waals surface area (Å²) in [6.07, 6.45) is -1.17. The van der Waals surface area contributed by atoms with Crippen LogP contribution in [0, 0.1) is 6.92 Å². The van der Waals surface area contributed by atoms with Crippen LogP contribution in [0.1, 0.15) is 27.9 Å². The first-order valence-electron chi connectivity index (χ1n) is 8.96. The molecule has 0 aliphatic heterocycles. The smallest absolute Gasteiger partial charge is 0.358 e. The summed E-state index contributed by atoms with van der Waals surface area (Å²) in [5, 5.41) is 7.26. The Kier molecular flexibility index (Phi) is 5.03. The largest absolute Gasteiger partial charge is 0.443 e. The molecule has 0 spiro atoms. The third-order valence-electron chi connectivity index (χ3n) is 4.25. The molecule has 0 saturated heterocycles. The van der Waals surface area contributed by atoms with Crippen molar-refractivity contribution in [3.63, 3.8) is 0 Å². The summed E-state index contributed by atoms with van der Waals surface area (Å²) in [5.74, 6) is -0.447. The molecule has 4 aromatic rings. The second kappa shape index (κ2) is 7.93. The van der Waals surface area contributed by atoms with Crippen molar-refractivity contribution in [1.82, 2.24) is 10.1 Å². The van der Waals surface area contributed by atoms with E-state index < -0.39 is 18.0 Å². The Labute approximate surface area is 166 Å². The number of pyridine rings is 1. The number of rotatable bonds is 5. The number of para-hydroxylation sites is 1. The van der Waals surface area contributed by atoms with E-state index in [4.69, 9.17) is 9.26 Å². The number of nitrogens with zero attached hydrogens (tertiary/aromatic N) is 2. The molecule has 29 heavy (non-hydrogen) atoms. The molecule has 1 unspecified atom stereocenters. The maximum Gasteiger partial charge on any atom is 0.358 e.